The van der Waals surface area contributed by atoms with Crippen LogP contribution >= 0.6 is 0 Å². The van der Waals surface area contributed by atoms with Gasteiger partial charge in [0.1, 0.15) is 5.82 Å². The number of primary amides is 1. The first-order valence-corrected chi connectivity index (χ1v) is 7.33. The van der Waals surface area contributed by atoms with E-state index in [9.17, 15) is 9.18 Å². The topological polar surface area (TPSA) is 55.1 Å². The van der Waals surface area contributed by atoms with Gasteiger partial charge in [0.15, 0.2) is 0 Å². The normalized spacial score (nSPS) is 22.8. The molecule has 3 N–H and O–H groups in total. The molecule has 2 atom stereocenters. The molecule has 1 aliphatic carbocycles. The van der Waals surface area contributed by atoms with Gasteiger partial charge in [-0.15, -0.1) is 0 Å². The van der Waals surface area contributed by atoms with Crippen molar-refractivity contribution in [2.75, 3.05) is 5.32 Å². The van der Waals surface area contributed by atoms with E-state index in [1.165, 1.54) is 24.6 Å². The van der Waals surface area contributed by atoms with Crippen molar-refractivity contribution in [1.82, 2.24) is 0 Å². The summed E-state index contributed by atoms with van der Waals surface area (Å²) < 4.78 is 13.8. The fourth-order valence-electron chi connectivity index (χ4n) is 2.97. The highest BCUT2D eigenvalue weighted by atomic mass is 19.1. The van der Waals surface area contributed by atoms with E-state index < -0.39 is 5.91 Å². The Morgan fingerprint density at radius 1 is 1.40 bits per heavy atom. The average Bonchev–Trinajstić information content (AvgIpc) is 2.41. The van der Waals surface area contributed by atoms with Gasteiger partial charge in [-0.1, -0.05) is 26.7 Å². The molecule has 0 heterocycles. The molecule has 0 spiro atoms. The van der Waals surface area contributed by atoms with E-state index >= 15 is 0 Å². The number of hydrogen-bond acceptors (Lipinski definition) is 2. The van der Waals surface area contributed by atoms with E-state index in [1.54, 1.807) is 0 Å². The summed E-state index contributed by atoms with van der Waals surface area (Å²) in [5.41, 5.74) is 5.96. The van der Waals surface area contributed by atoms with Crippen LogP contribution in [0.3, 0.4) is 0 Å². The predicted octanol–water partition coefficient (Wildman–Crippen LogP) is 3.55. The van der Waals surface area contributed by atoms with Crippen LogP contribution < -0.4 is 11.1 Å². The van der Waals surface area contributed by atoms with E-state index in [2.05, 4.69) is 19.2 Å². The smallest absolute Gasteiger partial charge is 0.248 e. The highest BCUT2D eigenvalue weighted by Gasteiger charge is 2.24. The third kappa shape index (κ3) is 3.50. The van der Waals surface area contributed by atoms with Crippen LogP contribution in [0.4, 0.5) is 10.1 Å². The molecule has 20 heavy (non-hydrogen) atoms. The lowest BCUT2D eigenvalue weighted by atomic mass is 9.79. The Labute approximate surface area is 119 Å². The fraction of sp³-hybridized carbons (Fsp3) is 0.562. The molecule has 0 saturated heterocycles. The highest BCUT2D eigenvalue weighted by Crippen LogP contribution is 2.32. The Kier molecular flexibility index (Phi) is 4.63. The second kappa shape index (κ2) is 6.25. The van der Waals surface area contributed by atoms with Gasteiger partial charge in [-0.25, -0.2) is 4.39 Å². The number of halogens is 1. The zero-order chi connectivity index (χ0) is 14.7. The van der Waals surface area contributed by atoms with Crippen LogP contribution in [-0.4, -0.2) is 11.9 Å². The summed E-state index contributed by atoms with van der Waals surface area (Å²) in [6, 6.07) is 4.50. The quantitative estimate of drug-likeness (QED) is 0.885. The molecular weight excluding hydrogens is 255 g/mol. The third-order valence-electron chi connectivity index (χ3n) is 4.27. The molecule has 1 aromatic rings. The number of amides is 1. The van der Waals surface area contributed by atoms with Gasteiger partial charge >= 0.3 is 0 Å². The number of carbonyl (C=O) groups excluding carboxylic acids is 1. The fourth-order valence-corrected chi connectivity index (χ4v) is 2.97. The SMILES string of the molecule is CC(C)C1CCCC(Nc2cc(C(N)=O)ccc2F)C1. The summed E-state index contributed by atoms with van der Waals surface area (Å²) in [6.07, 6.45) is 4.51. The first-order valence-electron chi connectivity index (χ1n) is 7.33. The van der Waals surface area contributed by atoms with Gasteiger partial charge in [-0.05, 0) is 42.9 Å². The number of hydrogen-bond donors (Lipinski definition) is 2. The summed E-state index contributed by atoms with van der Waals surface area (Å²) in [5.74, 6) is 0.475. The van der Waals surface area contributed by atoms with Crippen LogP contribution in [-0.2, 0) is 0 Å². The van der Waals surface area contributed by atoms with Gasteiger partial charge in [0.25, 0.3) is 0 Å². The lowest BCUT2D eigenvalue weighted by Gasteiger charge is -2.32. The lowest BCUT2D eigenvalue weighted by molar-refractivity contribution is 0.100. The Bertz CT molecular complexity index is 487. The van der Waals surface area contributed by atoms with Crippen LogP contribution in [0.25, 0.3) is 0 Å². The summed E-state index contributed by atoms with van der Waals surface area (Å²) >= 11 is 0. The molecule has 0 bridgehead atoms. The Morgan fingerprint density at radius 2 is 2.15 bits per heavy atom. The van der Waals surface area contributed by atoms with E-state index in [0.717, 1.165) is 19.3 Å². The van der Waals surface area contributed by atoms with Crippen molar-refractivity contribution in [1.29, 1.82) is 0 Å². The minimum Gasteiger partial charge on any atom is -0.380 e. The summed E-state index contributed by atoms with van der Waals surface area (Å²) in [4.78, 5) is 11.2. The van der Waals surface area contributed by atoms with Gasteiger partial charge < -0.3 is 11.1 Å². The molecular formula is C16H23FN2O. The molecule has 0 aliphatic heterocycles. The standard InChI is InChI=1S/C16H23FN2O/c1-10(2)11-4-3-5-13(8-11)19-15-9-12(16(18)20)6-7-14(15)17/h6-7,9-11,13,19H,3-5,8H2,1-2H3,(H2,18,20). The predicted molar refractivity (Wildman–Crippen MR) is 79.1 cm³/mol. The van der Waals surface area contributed by atoms with Crippen molar-refractivity contribution in [3.8, 4) is 0 Å². The first-order chi connectivity index (χ1) is 9.47. The summed E-state index contributed by atoms with van der Waals surface area (Å²) in [7, 11) is 0. The van der Waals surface area contributed by atoms with Crippen LogP contribution in [0.15, 0.2) is 18.2 Å². The maximum Gasteiger partial charge on any atom is 0.248 e. The van der Waals surface area contributed by atoms with E-state index in [4.69, 9.17) is 5.73 Å². The second-order valence-corrected chi connectivity index (χ2v) is 6.07. The molecule has 1 fully saturated rings. The van der Waals surface area contributed by atoms with Gasteiger partial charge in [0, 0.05) is 11.6 Å². The molecule has 0 aromatic heterocycles. The maximum absolute atomic E-state index is 13.8. The van der Waals surface area contributed by atoms with Crippen LogP contribution in [0.1, 0.15) is 49.9 Å². The number of nitrogens with two attached hydrogens (primary N) is 1. The monoisotopic (exact) mass is 278 g/mol. The number of anilines is 1. The minimum absolute atomic E-state index is 0.272. The molecule has 1 saturated carbocycles. The second-order valence-electron chi connectivity index (χ2n) is 6.07. The molecule has 1 amide bonds. The van der Waals surface area contributed by atoms with Crippen LogP contribution in [0.2, 0.25) is 0 Å². The zero-order valence-electron chi connectivity index (χ0n) is 12.2. The molecule has 1 aliphatic rings. The van der Waals surface area contributed by atoms with Crippen molar-refractivity contribution in [3.05, 3.63) is 29.6 Å². The maximum atomic E-state index is 13.8. The lowest BCUT2D eigenvalue weighted by Crippen LogP contribution is -2.30. The Hall–Kier alpha value is -1.58. The van der Waals surface area contributed by atoms with Crippen molar-refractivity contribution in [2.24, 2.45) is 17.6 Å². The molecule has 3 nitrogen and oxygen atoms in total. The highest BCUT2D eigenvalue weighted by molar-refractivity contribution is 5.93. The van der Waals surface area contributed by atoms with E-state index in [0.29, 0.717) is 23.1 Å². The van der Waals surface area contributed by atoms with Crippen molar-refractivity contribution < 1.29 is 9.18 Å². The number of carbonyl (C=O) groups is 1. The molecule has 1 aromatic carbocycles. The minimum atomic E-state index is -0.531. The van der Waals surface area contributed by atoms with E-state index in [1.807, 2.05) is 0 Å². The van der Waals surface area contributed by atoms with Crippen molar-refractivity contribution >= 4 is 11.6 Å². The summed E-state index contributed by atoms with van der Waals surface area (Å²) in [6.45, 7) is 4.47. The van der Waals surface area contributed by atoms with Gasteiger partial charge in [-0.3, -0.25) is 4.79 Å². The molecule has 2 unspecified atom stereocenters. The van der Waals surface area contributed by atoms with Crippen LogP contribution in [0, 0.1) is 17.7 Å². The Balaban J connectivity index is 2.09. The van der Waals surface area contributed by atoms with Crippen molar-refractivity contribution in [3.63, 3.8) is 0 Å². The first kappa shape index (κ1) is 14.8. The molecule has 4 heteroatoms. The number of nitrogens with one attached hydrogen (secondary N) is 1. The number of benzene rings is 1. The van der Waals surface area contributed by atoms with E-state index in [-0.39, 0.29) is 11.9 Å². The van der Waals surface area contributed by atoms with Crippen molar-refractivity contribution in [2.45, 2.75) is 45.6 Å². The average molecular weight is 278 g/mol. The van der Waals surface area contributed by atoms with Gasteiger partial charge in [0.2, 0.25) is 5.91 Å². The largest absolute Gasteiger partial charge is 0.380 e. The number of rotatable bonds is 4. The molecule has 110 valence electrons. The van der Waals surface area contributed by atoms with Gasteiger partial charge in [-0.2, -0.15) is 0 Å². The summed E-state index contributed by atoms with van der Waals surface area (Å²) in [5, 5.41) is 3.25. The molecule has 0 radical (unpaired) electrons. The third-order valence-corrected chi connectivity index (χ3v) is 4.27. The van der Waals surface area contributed by atoms with Gasteiger partial charge in [0.05, 0.1) is 5.69 Å². The Morgan fingerprint density at radius 3 is 2.80 bits per heavy atom. The zero-order valence-corrected chi connectivity index (χ0v) is 12.2. The van der Waals surface area contributed by atoms with Crippen LogP contribution in [0.5, 0.6) is 0 Å². The molecule has 2 rings (SSSR count).